The highest BCUT2D eigenvalue weighted by atomic mass is 16.4. The number of nitrogens with two attached hydrogens (primary N) is 1. The summed E-state index contributed by atoms with van der Waals surface area (Å²) in [6.07, 6.45) is -2.28. The van der Waals surface area contributed by atoms with Crippen LogP contribution in [0.3, 0.4) is 0 Å². The van der Waals surface area contributed by atoms with E-state index in [0.717, 1.165) is 6.92 Å². The highest BCUT2D eigenvalue weighted by molar-refractivity contribution is 5.95. The minimum Gasteiger partial charge on any atom is -0.508 e. The van der Waals surface area contributed by atoms with E-state index in [2.05, 4.69) is 16.0 Å². The molecule has 0 saturated heterocycles. The third-order valence-corrected chi connectivity index (χ3v) is 4.53. The molecule has 0 aliphatic rings. The number of phenols is 1. The summed E-state index contributed by atoms with van der Waals surface area (Å²) in [6.45, 7) is 2.33. The standard InChI is InChI=1S/C20H28N4O9/c1-9(20(32)33)22-19(31)16(10(2)25)24-18(30)14(8-15(27)28)23-17(29)13(21)7-11-3-5-12(26)6-4-11/h3-6,9-10,13-14,16,25-26H,7-8,21H2,1-2H3,(H,22,31)(H,23,29)(H,24,30)(H,27,28)(H,32,33). The second kappa shape index (κ2) is 12.4. The Labute approximate surface area is 189 Å². The zero-order valence-electron chi connectivity index (χ0n) is 18.0. The summed E-state index contributed by atoms with van der Waals surface area (Å²) in [7, 11) is 0. The molecule has 0 saturated carbocycles. The minimum atomic E-state index is -1.63. The molecule has 33 heavy (non-hydrogen) atoms. The minimum absolute atomic E-state index is 0.0180. The molecule has 9 N–H and O–H groups in total. The number of phenolic OH excluding ortho intramolecular Hbond substituents is 1. The Bertz CT molecular complexity index is 873. The normalized spacial score (nSPS) is 15.3. The maximum Gasteiger partial charge on any atom is 0.325 e. The molecule has 0 aliphatic carbocycles. The lowest BCUT2D eigenvalue weighted by molar-refractivity contribution is -0.143. The molecule has 0 heterocycles. The number of carboxylic acid groups (broad SMARTS) is 2. The molecule has 0 fully saturated rings. The number of amides is 3. The molecule has 1 rings (SSSR count). The van der Waals surface area contributed by atoms with Crippen molar-refractivity contribution in [2.45, 2.75) is 57.0 Å². The van der Waals surface area contributed by atoms with E-state index < -0.39 is 66.4 Å². The van der Waals surface area contributed by atoms with Gasteiger partial charge in [0.1, 0.15) is 23.9 Å². The predicted molar refractivity (Wildman–Crippen MR) is 113 cm³/mol. The smallest absolute Gasteiger partial charge is 0.325 e. The SMILES string of the molecule is CC(NC(=O)C(NC(=O)C(CC(=O)O)NC(=O)C(N)Cc1ccc(O)cc1)C(C)O)C(=O)O. The Morgan fingerprint density at radius 3 is 1.97 bits per heavy atom. The molecule has 182 valence electrons. The first kappa shape index (κ1) is 27.3. The van der Waals surface area contributed by atoms with Crippen molar-refractivity contribution in [1.82, 2.24) is 16.0 Å². The number of benzene rings is 1. The lowest BCUT2D eigenvalue weighted by atomic mass is 10.0. The van der Waals surface area contributed by atoms with E-state index in [0.29, 0.717) is 5.56 Å². The monoisotopic (exact) mass is 468 g/mol. The van der Waals surface area contributed by atoms with Crippen molar-refractivity contribution >= 4 is 29.7 Å². The molecular weight excluding hydrogens is 440 g/mol. The molecule has 0 radical (unpaired) electrons. The van der Waals surface area contributed by atoms with E-state index in [1.165, 1.54) is 31.2 Å². The molecule has 5 atom stereocenters. The van der Waals surface area contributed by atoms with Crippen LogP contribution in [0.4, 0.5) is 0 Å². The van der Waals surface area contributed by atoms with Crippen molar-refractivity contribution in [3.8, 4) is 5.75 Å². The van der Waals surface area contributed by atoms with Crippen molar-refractivity contribution in [3.63, 3.8) is 0 Å². The summed E-state index contributed by atoms with van der Waals surface area (Å²) in [5.74, 6) is -5.71. The molecule has 1 aromatic carbocycles. The number of carbonyl (C=O) groups is 5. The fourth-order valence-electron chi connectivity index (χ4n) is 2.67. The second-order valence-electron chi connectivity index (χ2n) is 7.43. The van der Waals surface area contributed by atoms with E-state index in [-0.39, 0.29) is 12.2 Å². The van der Waals surface area contributed by atoms with E-state index in [4.69, 9.17) is 15.9 Å². The van der Waals surface area contributed by atoms with Gasteiger partial charge < -0.3 is 42.1 Å². The topological polar surface area (TPSA) is 228 Å². The number of hydrogen-bond acceptors (Lipinski definition) is 8. The Morgan fingerprint density at radius 1 is 0.909 bits per heavy atom. The number of rotatable bonds is 12. The van der Waals surface area contributed by atoms with Crippen LogP contribution in [0.25, 0.3) is 0 Å². The molecule has 13 heteroatoms. The maximum absolute atomic E-state index is 12.6. The second-order valence-corrected chi connectivity index (χ2v) is 7.43. The highest BCUT2D eigenvalue weighted by Crippen LogP contribution is 2.11. The van der Waals surface area contributed by atoms with Crippen LogP contribution in [0.1, 0.15) is 25.8 Å². The fraction of sp³-hybridized carbons (Fsp3) is 0.450. The first-order valence-corrected chi connectivity index (χ1v) is 9.89. The number of carboxylic acids is 2. The van der Waals surface area contributed by atoms with Crippen molar-refractivity contribution < 1.29 is 44.4 Å². The average molecular weight is 468 g/mol. The number of carbonyl (C=O) groups excluding carboxylic acids is 3. The van der Waals surface area contributed by atoms with Crippen LogP contribution in [-0.2, 0) is 30.4 Å². The van der Waals surface area contributed by atoms with Crippen LogP contribution < -0.4 is 21.7 Å². The molecule has 0 aliphatic heterocycles. The van der Waals surface area contributed by atoms with Gasteiger partial charge >= 0.3 is 11.9 Å². The molecule has 5 unspecified atom stereocenters. The fourth-order valence-corrected chi connectivity index (χ4v) is 2.67. The molecule has 0 spiro atoms. The number of nitrogens with one attached hydrogen (secondary N) is 3. The molecule has 1 aromatic rings. The van der Waals surface area contributed by atoms with Crippen LogP contribution in [-0.4, -0.2) is 80.4 Å². The van der Waals surface area contributed by atoms with E-state index >= 15 is 0 Å². The Morgan fingerprint density at radius 2 is 1.48 bits per heavy atom. The van der Waals surface area contributed by atoms with E-state index in [1.807, 2.05) is 0 Å². The maximum atomic E-state index is 12.6. The van der Waals surface area contributed by atoms with Crippen molar-refractivity contribution in [2.24, 2.45) is 5.73 Å². The summed E-state index contributed by atoms with van der Waals surface area (Å²) in [6, 6.07) is 0.140. The lowest BCUT2D eigenvalue weighted by Gasteiger charge is -2.25. The number of aliphatic hydroxyl groups excluding tert-OH is 1. The number of aliphatic hydroxyl groups is 1. The third kappa shape index (κ3) is 9.13. The summed E-state index contributed by atoms with van der Waals surface area (Å²) in [4.78, 5) is 59.4. The van der Waals surface area contributed by atoms with Crippen LogP contribution >= 0.6 is 0 Å². The number of aromatic hydroxyl groups is 1. The molecule has 13 nitrogen and oxygen atoms in total. The van der Waals surface area contributed by atoms with Crippen molar-refractivity contribution in [3.05, 3.63) is 29.8 Å². The first-order valence-electron chi connectivity index (χ1n) is 9.89. The lowest BCUT2D eigenvalue weighted by Crippen LogP contribution is -2.60. The van der Waals surface area contributed by atoms with Gasteiger partial charge in [-0.2, -0.15) is 0 Å². The zero-order chi connectivity index (χ0) is 25.3. The van der Waals surface area contributed by atoms with Gasteiger partial charge in [0, 0.05) is 0 Å². The van der Waals surface area contributed by atoms with Gasteiger partial charge in [-0.25, -0.2) is 0 Å². The summed E-state index contributed by atoms with van der Waals surface area (Å²) in [5.41, 5.74) is 6.44. The average Bonchev–Trinajstić information content (AvgIpc) is 2.71. The largest absolute Gasteiger partial charge is 0.508 e. The zero-order valence-corrected chi connectivity index (χ0v) is 18.0. The summed E-state index contributed by atoms with van der Waals surface area (Å²) >= 11 is 0. The van der Waals surface area contributed by atoms with Crippen LogP contribution in [0.2, 0.25) is 0 Å². The van der Waals surface area contributed by atoms with Crippen molar-refractivity contribution in [2.75, 3.05) is 0 Å². The van der Waals surface area contributed by atoms with Crippen LogP contribution in [0, 0.1) is 0 Å². The quantitative estimate of drug-likeness (QED) is 0.163. The molecule has 3 amide bonds. The summed E-state index contributed by atoms with van der Waals surface area (Å²) < 4.78 is 0. The molecular formula is C20H28N4O9. The van der Waals surface area contributed by atoms with Crippen molar-refractivity contribution in [1.29, 1.82) is 0 Å². The molecule has 0 bridgehead atoms. The van der Waals surface area contributed by atoms with Gasteiger partial charge in [-0.15, -0.1) is 0 Å². The van der Waals surface area contributed by atoms with E-state index in [9.17, 15) is 34.2 Å². The third-order valence-electron chi connectivity index (χ3n) is 4.53. The predicted octanol–water partition coefficient (Wildman–Crippen LogP) is -2.32. The van der Waals surface area contributed by atoms with Gasteiger partial charge in [0.05, 0.1) is 18.6 Å². The van der Waals surface area contributed by atoms with Crippen LogP contribution in [0.15, 0.2) is 24.3 Å². The van der Waals surface area contributed by atoms with Crippen LogP contribution in [0.5, 0.6) is 5.75 Å². The number of aliphatic carboxylic acids is 2. The Hall–Kier alpha value is -3.71. The van der Waals surface area contributed by atoms with E-state index in [1.54, 1.807) is 0 Å². The Balaban J connectivity index is 2.89. The van der Waals surface area contributed by atoms with Gasteiger partial charge in [0.2, 0.25) is 17.7 Å². The van der Waals surface area contributed by atoms with Gasteiger partial charge in [-0.1, -0.05) is 12.1 Å². The number of hydrogen-bond donors (Lipinski definition) is 8. The first-order chi connectivity index (χ1) is 15.3. The van der Waals surface area contributed by atoms with Gasteiger partial charge in [-0.3, -0.25) is 24.0 Å². The molecule has 0 aromatic heterocycles. The Kier molecular flexibility index (Phi) is 10.2. The van der Waals surface area contributed by atoms with Gasteiger partial charge in [-0.05, 0) is 38.0 Å². The highest BCUT2D eigenvalue weighted by Gasteiger charge is 2.32. The summed E-state index contributed by atoms with van der Waals surface area (Å²) in [5, 5.41) is 43.5. The van der Waals surface area contributed by atoms with Gasteiger partial charge in [0.25, 0.3) is 0 Å². The van der Waals surface area contributed by atoms with Gasteiger partial charge in [0.15, 0.2) is 0 Å².